The van der Waals surface area contributed by atoms with Gasteiger partial charge in [-0.2, -0.15) is 8.78 Å². The van der Waals surface area contributed by atoms with E-state index >= 15 is 0 Å². The summed E-state index contributed by atoms with van der Waals surface area (Å²) in [5.41, 5.74) is 0. The van der Waals surface area contributed by atoms with E-state index in [0.29, 0.717) is 0 Å². The van der Waals surface area contributed by atoms with Gasteiger partial charge in [-0.3, -0.25) is 0 Å². The van der Waals surface area contributed by atoms with Crippen molar-refractivity contribution in [3.05, 3.63) is 29.1 Å². The molecule has 0 aliphatic heterocycles. The van der Waals surface area contributed by atoms with Gasteiger partial charge < -0.3 is 4.74 Å². The summed E-state index contributed by atoms with van der Waals surface area (Å²) in [5.74, 6) is -11.7. The molecule has 0 radical (unpaired) electrons. The number of hydrogen-bond acceptors (Lipinski definition) is 1. The molecule has 0 fully saturated rings. The van der Waals surface area contributed by atoms with Crippen LogP contribution in [0.25, 0.3) is 0 Å². The molecule has 3 nitrogen and oxygen atoms in total. The zero-order valence-electron chi connectivity index (χ0n) is 13.4. The summed E-state index contributed by atoms with van der Waals surface area (Å²) in [4.78, 5) is 1.32. The van der Waals surface area contributed by atoms with Crippen molar-refractivity contribution in [1.29, 1.82) is 0 Å². The van der Waals surface area contributed by atoms with E-state index in [9.17, 15) is 47.1 Å². The van der Waals surface area contributed by atoms with E-state index < -0.39 is 42.6 Å². The first-order valence-corrected chi connectivity index (χ1v) is 8.13. The van der Waals surface area contributed by atoms with Crippen LogP contribution in [0, 0.1) is 29.1 Å². The maximum absolute atomic E-state index is 13.4. The van der Waals surface area contributed by atoms with Gasteiger partial charge in [0.05, 0.1) is 28.2 Å². The molecule has 0 N–H and O–H groups in total. The van der Waals surface area contributed by atoms with Crippen LogP contribution in [0.15, 0.2) is 0 Å². The average molecular weight is 428 g/mol. The van der Waals surface area contributed by atoms with Gasteiger partial charge in [-0.1, -0.05) is 0 Å². The molecule has 1 rings (SSSR count). The monoisotopic (exact) mass is 428 g/mol. The minimum absolute atomic E-state index is 0.0943. The summed E-state index contributed by atoms with van der Waals surface area (Å²) in [5, 5.41) is 0. The van der Waals surface area contributed by atoms with Crippen molar-refractivity contribution in [1.82, 2.24) is 4.90 Å². The van der Waals surface area contributed by atoms with Gasteiger partial charge in [0.2, 0.25) is 34.8 Å². The Kier molecular flexibility index (Phi) is 6.23. The number of hydrogen-bond donors (Lipinski definition) is 0. The van der Waals surface area contributed by atoms with Crippen LogP contribution in [0.1, 0.15) is 0 Å². The maximum atomic E-state index is 13.4. The second-order valence-corrected chi connectivity index (χ2v) is 6.95. The van der Waals surface area contributed by atoms with Crippen LogP contribution in [0.5, 0.6) is 5.75 Å². The molecule has 0 atom stereocenters. The quantitative estimate of drug-likeness (QED) is 0.114. The first-order chi connectivity index (χ1) is 11.1. The molecular weight excluding hydrogens is 416 g/mol. The molecule has 0 unspecified atom stereocenters. The van der Waals surface area contributed by atoms with Crippen LogP contribution < -0.4 is 4.74 Å². The second kappa shape index (κ2) is 6.71. The van der Waals surface area contributed by atoms with Crippen LogP contribution in [-0.2, 0) is 0 Å². The first kappa shape index (κ1) is 24.1. The van der Waals surface area contributed by atoms with E-state index in [4.69, 9.17) is 4.74 Å². The fourth-order valence-electron chi connectivity index (χ4n) is 1.35. The molecule has 0 aromatic heterocycles. The Balaban J connectivity index is 0.000000758. The topological polar surface area (TPSA) is 15.5 Å². The van der Waals surface area contributed by atoms with E-state index in [1.165, 1.54) is 37.7 Å². The van der Waals surface area contributed by atoms with E-state index in [1.807, 2.05) is 0 Å². The third-order valence-corrected chi connectivity index (χ3v) is 2.13. The molecule has 1 aromatic rings. The summed E-state index contributed by atoms with van der Waals surface area (Å²) >= 11 is 0. The van der Waals surface area contributed by atoms with Gasteiger partial charge in [-0.15, -0.1) is 0 Å². The number of ether oxygens (including phenoxy) is 1. The van der Waals surface area contributed by atoms with Gasteiger partial charge >= 0.3 is 39.0 Å². The molecule has 0 spiro atoms. The van der Waals surface area contributed by atoms with Crippen molar-refractivity contribution in [3.8, 4) is 5.75 Å². The van der Waals surface area contributed by atoms with Gasteiger partial charge in [0.1, 0.15) is 0 Å². The summed E-state index contributed by atoms with van der Waals surface area (Å²) in [6, 6.07) is -0.0943. The Morgan fingerprint density at radius 3 is 1.23 bits per heavy atom. The SMILES string of the molecule is CN(C)C(Oc1c(F)c(F)c(F)c(F)c1F)=[N+](C)C.F[P-](F)(F)(F)(F)F. The normalized spacial score (nSPS) is 13.8. The van der Waals surface area contributed by atoms with Gasteiger partial charge in [-0.25, -0.2) is 22.6 Å². The summed E-state index contributed by atoms with van der Waals surface area (Å²) in [7, 11) is -4.71. The molecule has 15 heteroatoms. The Morgan fingerprint density at radius 2 is 1.00 bits per heavy atom. The van der Waals surface area contributed by atoms with Crippen molar-refractivity contribution in [2.75, 3.05) is 28.2 Å². The van der Waals surface area contributed by atoms with E-state index in [0.717, 1.165) is 0 Å². The molecule has 0 aliphatic rings. The predicted octanol–water partition coefficient (Wildman–Crippen LogP) is 5.33. The molecule has 0 heterocycles. The average Bonchev–Trinajstić information content (AvgIpc) is 2.38. The van der Waals surface area contributed by atoms with Gasteiger partial charge in [0.25, 0.3) is 0 Å². The molecule has 154 valence electrons. The van der Waals surface area contributed by atoms with Crippen LogP contribution in [0.3, 0.4) is 0 Å². The van der Waals surface area contributed by atoms with Crippen molar-refractivity contribution >= 4 is 13.8 Å². The molecule has 0 bridgehead atoms. The predicted molar refractivity (Wildman–Crippen MR) is 71.2 cm³/mol. The Labute approximate surface area is 139 Å². The van der Waals surface area contributed by atoms with Gasteiger partial charge in [-0.05, 0) is 0 Å². The number of rotatable bonds is 1. The Bertz CT molecular complexity index is 683. The molecular formula is C11H12F11N2OP. The van der Waals surface area contributed by atoms with Crippen LogP contribution in [0.2, 0.25) is 0 Å². The molecule has 0 aliphatic carbocycles. The summed E-state index contributed by atoms with van der Waals surface area (Å²) in [6.07, 6.45) is 0. The first-order valence-electron chi connectivity index (χ1n) is 6.10. The van der Waals surface area contributed by atoms with E-state index in [1.54, 1.807) is 0 Å². The number of benzene rings is 1. The van der Waals surface area contributed by atoms with Crippen LogP contribution in [-0.4, -0.2) is 43.7 Å². The van der Waals surface area contributed by atoms with Crippen molar-refractivity contribution < 1.29 is 56.4 Å². The molecule has 26 heavy (non-hydrogen) atoms. The summed E-state index contributed by atoms with van der Waals surface area (Å²) in [6.45, 7) is 0. The van der Waals surface area contributed by atoms with Crippen molar-refractivity contribution in [2.24, 2.45) is 0 Å². The van der Waals surface area contributed by atoms with Gasteiger partial charge in [0, 0.05) is 0 Å². The van der Waals surface area contributed by atoms with E-state index in [2.05, 4.69) is 0 Å². The molecule has 0 saturated carbocycles. The van der Waals surface area contributed by atoms with Crippen molar-refractivity contribution in [3.63, 3.8) is 0 Å². The van der Waals surface area contributed by atoms with Crippen LogP contribution >= 0.6 is 7.81 Å². The number of amidine groups is 1. The molecule has 1 aromatic carbocycles. The minimum atomic E-state index is -10.7. The zero-order valence-corrected chi connectivity index (χ0v) is 14.3. The fraction of sp³-hybridized carbons (Fsp3) is 0.364. The third kappa shape index (κ3) is 8.50. The third-order valence-electron chi connectivity index (χ3n) is 2.13. The summed E-state index contributed by atoms with van der Waals surface area (Å²) < 4.78 is 131. The zero-order chi connectivity index (χ0) is 21.3. The van der Waals surface area contributed by atoms with Crippen molar-refractivity contribution in [2.45, 2.75) is 0 Å². The number of halogens is 11. The Morgan fingerprint density at radius 1 is 0.731 bits per heavy atom. The second-order valence-electron chi connectivity index (χ2n) is 5.03. The standard InChI is InChI=1S/C11H12F5N2O.F6P/c1-17(2)11(18(3)4)19-10-8(15)6(13)5(12)7(14)9(10)16;1-7(2,3,4,5)6/h1-4H3;/q+1;-1. The number of nitrogens with zero attached hydrogens (tertiary/aromatic N) is 2. The van der Waals surface area contributed by atoms with Crippen LogP contribution in [0.4, 0.5) is 47.1 Å². The van der Waals surface area contributed by atoms with E-state index in [-0.39, 0.29) is 6.02 Å². The molecule has 0 amide bonds. The molecule has 0 saturated heterocycles. The fourth-order valence-corrected chi connectivity index (χ4v) is 1.35. The van der Waals surface area contributed by atoms with Gasteiger partial charge in [0.15, 0.2) is 0 Å². The Hall–Kier alpha value is -1.85.